The Bertz CT molecular complexity index is 332. The molecule has 1 aliphatic carbocycles. The number of nitrogens with one attached hydrogen (secondary N) is 1. The number of nitrogens with zero attached hydrogens (tertiary/aromatic N) is 2. The number of likely N-dealkylation sites (N-methyl/N-ethyl adjacent to an activating group) is 2. The van der Waals surface area contributed by atoms with Crippen LogP contribution in [0.5, 0.6) is 0 Å². The van der Waals surface area contributed by atoms with Crippen molar-refractivity contribution in [3.63, 3.8) is 0 Å². The SMILES string of the molecule is CNC(CN1CC(C)N(C)C(C)C1)(C(N)=O)C1CC1. The topological polar surface area (TPSA) is 61.6 Å². The smallest absolute Gasteiger partial charge is 0.239 e. The van der Waals surface area contributed by atoms with Crippen LogP contribution in [-0.2, 0) is 4.79 Å². The molecule has 1 saturated heterocycles. The summed E-state index contributed by atoms with van der Waals surface area (Å²) in [6.07, 6.45) is 2.23. The standard InChI is InChI=1S/C14H28N4O/c1-10-7-18(8-11(2)17(10)4)9-14(16-3,13(15)19)12-5-6-12/h10-12,16H,5-9H2,1-4H3,(H2,15,19). The van der Waals surface area contributed by atoms with Gasteiger partial charge in [-0.2, -0.15) is 0 Å². The lowest BCUT2D eigenvalue weighted by atomic mass is 9.90. The zero-order valence-corrected chi connectivity index (χ0v) is 12.6. The van der Waals surface area contributed by atoms with Crippen molar-refractivity contribution in [1.29, 1.82) is 0 Å². The molecule has 3 atom stereocenters. The van der Waals surface area contributed by atoms with E-state index in [9.17, 15) is 4.79 Å². The van der Waals surface area contributed by atoms with Crippen LogP contribution in [0.3, 0.4) is 0 Å². The molecule has 1 amide bonds. The van der Waals surface area contributed by atoms with Crippen LogP contribution in [0.25, 0.3) is 0 Å². The number of nitrogens with two attached hydrogens (primary N) is 1. The summed E-state index contributed by atoms with van der Waals surface area (Å²) in [7, 11) is 4.04. The van der Waals surface area contributed by atoms with Crippen LogP contribution in [0.15, 0.2) is 0 Å². The molecule has 2 aliphatic rings. The minimum atomic E-state index is -0.532. The number of hydrogen-bond acceptors (Lipinski definition) is 4. The lowest BCUT2D eigenvalue weighted by Crippen LogP contribution is -2.65. The Morgan fingerprint density at radius 3 is 2.21 bits per heavy atom. The van der Waals surface area contributed by atoms with Crippen LogP contribution in [0, 0.1) is 5.92 Å². The minimum absolute atomic E-state index is 0.197. The minimum Gasteiger partial charge on any atom is -0.368 e. The molecule has 0 aromatic carbocycles. The third kappa shape index (κ3) is 2.78. The van der Waals surface area contributed by atoms with Gasteiger partial charge < -0.3 is 11.1 Å². The van der Waals surface area contributed by atoms with Gasteiger partial charge in [0.25, 0.3) is 0 Å². The predicted molar refractivity (Wildman–Crippen MR) is 76.8 cm³/mol. The molecule has 3 unspecified atom stereocenters. The quantitative estimate of drug-likeness (QED) is 0.729. The fourth-order valence-electron chi connectivity index (χ4n) is 3.39. The van der Waals surface area contributed by atoms with Gasteiger partial charge in [0.1, 0.15) is 5.54 Å². The highest BCUT2D eigenvalue weighted by molar-refractivity contribution is 5.86. The summed E-state index contributed by atoms with van der Waals surface area (Å²) in [5.41, 5.74) is 5.17. The Hall–Kier alpha value is -0.650. The lowest BCUT2D eigenvalue weighted by molar-refractivity contribution is -0.126. The van der Waals surface area contributed by atoms with Crippen LogP contribution < -0.4 is 11.1 Å². The number of rotatable bonds is 5. The van der Waals surface area contributed by atoms with Crippen LogP contribution >= 0.6 is 0 Å². The molecule has 0 aromatic rings. The van der Waals surface area contributed by atoms with Crippen molar-refractivity contribution < 1.29 is 4.79 Å². The van der Waals surface area contributed by atoms with Crippen molar-refractivity contribution in [1.82, 2.24) is 15.1 Å². The summed E-state index contributed by atoms with van der Waals surface area (Å²) in [5.74, 6) is 0.219. The first-order valence-corrected chi connectivity index (χ1v) is 7.34. The molecule has 1 aliphatic heterocycles. The Kier molecular flexibility index (Phi) is 4.18. The molecule has 110 valence electrons. The summed E-state index contributed by atoms with van der Waals surface area (Å²) < 4.78 is 0. The van der Waals surface area contributed by atoms with E-state index in [-0.39, 0.29) is 5.91 Å². The number of amides is 1. The average molecular weight is 268 g/mol. The number of carbonyl (C=O) groups is 1. The average Bonchev–Trinajstić information content (AvgIpc) is 3.17. The molecule has 0 radical (unpaired) electrons. The second kappa shape index (κ2) is 5.38. The van der Waals surface area contributed by atoms with Crippen molar-refractivity contribution in [3.05, 3.63) is 0 Å². The summed E-state index contributed by atoms with van der Waals surface area (Å²) in [6, 6.07) is 1.04. The normalized spacial score (nSPS) is 33.1. The highest BCUT2D eigenvalue weighted by atomic mass is 16.1. The molecule has 5 heteroatoms. The van der Waals surface area contributed by atoms with Crippen LogP contribution in [-0.4, -0.2) is 67.1 Å². The Labute approximate surface area is 116 Å². The van der Waals surface area contributed by atoms with Gasteiger partial charge in [-0.3, -0.25) is 14.6 Å². The predicted octanol–water partition coefficient (Wildman–Crippen LogP) is -0.136. The summed E-state index contributed by atoms with van der Waals surface area (Å²) in [5, 5.41) is 3.24. The molecule has 0 aromatic heterocycles. The first-order chi connectivity index (χ1) is 8.90. The lowest BCUT2D eigenvalue weighted by Gasteiger charge is -2.45. The van der Waals surface area contributed by atoms with E-state index in [1.165, 1.54) is 0 Å². The van der Waals surface area contributed by atoms with Gasteiger partial charge >= 0.3 is 0 Å². The van der Waals surface area contributed by atoms with Crippen molar-refractivity contribution in [2.24, 2.45) is 11.7 Å². The third-order valence-electron chi connectivity index (χ3n) is 5.07. The van der Waals surface area contributed by atoms with E-state index in [2.05, 4.69) is 36.0 Å². The second-order valence-electron chi connectivity index (χ2n) is 6.42. The van der Waals surface area contributed by atoms with E-state index < -0.39 is 5.54 Å². The number of piperazine rings is 1. The molecular formula is C14H28N4O. The molecule has 2 rings (SSSR count). The van der Waals surface area contributed by atoms with Gasteiger partial charge in [-0.05, 0) is 46.7 Å². The highest BCUT2D eigenvalue weighted by Gasteiger charge is 2.50. The zero-order chi connectivity index (χ0) is 14.2. The Morgan fingerprint density at radius 2 is 1.84 bits per heavy atom. The van der Waals surface area contributed by atoms with Crippen molar-refractivity contribution >= 4 is 5.91 Å². The van der Waals surface area contributed by atoms with Gasteiger partial charge in [0.2, 0.25) is 5.91 Å². The monoisotopic (exact) mass is 268 g/mol. The fourth-order valence-corrected chi connectivity index (χ4v) is 3.39. The number of hydrogen-bond donors (Lipinski definition) is 2. The molecular weight excluding hydrogens is 240 g/mol. The van der Waals surface area contributed by atoms with Gasteiger partial charge in [0.05, 0.1) is 0 Å². The van der Waals surface area contributed by atoms with Crippen molar-refractivity contribution in [2.75, 3.05) is 33.7 Å². The Balaban J connectivity index is 2.07. The van der Waals surface area contributed by atoms with Crippen LogP contribution in [0.1, 0.15) is 26.7 Å². The van der Waals surface area contributed by atoms with E-state index in [1.54, 1.807) is 0 Å². The van der Waals surface area contributed by atoms with Crippen LogP contribution in [0.2, 0.25) is 0 Å². The van der Waals surface area contributed by atoms with E-state index in [4.69, 9.17) is 5.73 Å². The van der Waals surface area contributed by atoms with E-state index in [0.717, 1.165) is 32.5 Å². The second-order valence-corrected chi connectivity index (χ2v) is 6.42. The van der Waals surface area contributed by atoms with Gasteiger partial charge in [0.15, 0.2) is 0 Å². The van der Waals surface area contributed by atoms with Gasteiger partial charge in [-0.15, -0.1) is 0 Å². The molecule has 3 N–H and O–H groups in total. The molecule has 5 nitrogen and oxygen atoms in total. The van der Waals surface area contributed by atoms with E-state index in [0.29, 0.717) is 18.0 Å². The van der Waals surface area contributed by atoms with Gasteiger partial charge in [-0.25, -0.2) is 0 Å². The zero-order valence-electron chi connectivity index (χ0n) is 12.6. The molecule has 19 heavy (non-hydrogen) atoms. The molecule has 0 spiro atoms. The van der Waals surface area contributed by atoms with Gasteiger partial charge in [0, 0.05) is 31.7 Å². The van der Waals surface area contributed by atoms with Crippen LogP contribution in [0.4, 0.5) is 0 Å². The largest absolute Gasteiger partial charge is 0.368 e. The third-order valence-corrected chi connectivity index (χ3v) is 5.07. The van der Waals surface area contributed by atoms with Gasteiger partial charge in [-0.1, -0.05) is 0 Å². The summed E-state index contributed by atoms with van der Waals surface area (Å²) >= 11 is 0. The number of primary amides is 1. The maximum atomic E-state index is 12.0. The highest BCUT2D eigenvalue weighted by Crippen LogP contribution is 2.40. The number of carbonyl (C=O) groups excluding carboxylic acids is 1. The molecule has 0 bridgehead atoms. The summed E-state index contributed by atoms with van der Waals surface area (Å²) in [4.78, 5) is 16.8. The Morgan fingerprint density at radius 1 is 1.32 bits per heavy atom. The first kappa shape index (κ1) is 14.8. The van der Waals surface area contributed by atoms with E-state index in [1.807, 2.05) is 7.05 Å². The van der Waals surface area contributed by atoms with E-state index >= 15 is 0 Å². The van der Waals surface area contributed by atoms with Crippen molar-refractivity contribution in [3.8, 4) is 0 Å². The van der Waals surface area contributed by atoms with Crippen molar-refractivity contribution in [2.45, 2.75) is 44.3 Å². The molecule has 2 fully saturated rings. The summed E-state index contributed by atoms with van der Waals surface area (Å²) in [6.45, 7) is 7.23. The fraction of sp³-hybridized carbons (Fsp3) is 0.929. The maximum absolute atomic E-state index is 12.0. The molecule has 1 saturated carbocycles. The molecule has 1 heterocycles. The first-order valence-electron chi connectivity index (χ1n) is 7.34. The maximum Gasteiger partial charge on any atom is 0.239 e.